The number of hydrogen-bond donors (Lipinski definition) is 2. The molecule has 0 aliphatic rings. The number of carbonyl (C=O) groups excluding carboxylic acids is 1. The number of nitrogens with one attached hydrogen (secondary N) is 2. The third-order valence-corrected chi connectivity index (χ3v) is 5.85. The zero-order valence-electron chi connectivity index (χ0n) is 17.9. The largest absolute Gasteiger partial charge is 0.495 e. The van der Waals surface area contributed by atoms with Crippen molar-refractivity contribution < 1.29 is 22.7 Å². The Morgan fingerprint density at radius 3 is 2.66 bits per heavy atom. The van der Waals surface area contributed by atoms with Crippen LogP contribution in [0.1, 0.15) is 29.3 Å². The molecule has 9 heteroatoms. The molecule has 2 N–H and O–H groups in total. The molecule has 168 valence electrons. The van der Waals surface area contributed by atoms with Crippen LogP contribution in [0.4, 0.5) is 5.69 Å². The van der Waals surface area contributed by atoms with E-state index in [1.54, 1.807) is 42.6 Å². The van der Waals surface area contributed by atoms with Gasteiger partial charge in [-0.15, -0.1) is 0 Å². The highest BCUT2D eigenvalue weighted by atomic mass is 32.2. The van der Waals surface area contributed by atoms with E-state index >= 15 is 0 Å². The van der Waals surface area contributed by atoms with Crippen LogP contribution in [0, 0.1) is 0 Å². The number of anilines is 1. The van der Waals surface area contributed by atoms with E-state index in [0.717, 1.165) is 12.0 Å². The van der Waals surface area contributed by atoms with Gasteiger partial charge in [-0.2, -0.15) is 0 Å². The molecule has 0 atom stereocenters. The van der Waals surface area contributed by atoms with Crippen LogP contribution in [0.3, 0.4) is 0 Å². The van der Waals surface area contributed by atoms with Gasteiger partial charge in [0.2, 0.25) is 5.88 Å². The van der Waals surface area contributed by atoms with Crippen molar-refractivity contribution in [1.82, 2.24) is 10.3 Å². The molecule has 1 amide bonds. The van der Waals surface area contributed by atoms with Crippen molar-refractivity contribution in [3.63, 3.8) is 0 Å². The average molecular weight is 456 g/mol. The van der Waals surface area contributed by atoms with Gasteiger partial charge in [0, 0.05) is 23.9 Å². The number of para-hydroxylation sites is 2. The Kier molecular flexibility index (Phi) is 7.67. The van der Waals surface area contributed by atoms with Gasteiger partial charge in [-0.1, -0.05) is 31.2 Å². The van der Waals surface area contributed by atoms with Crippen molar-refractivity contribution in [1.29, 1.82) is 0 Å². The van der Waals surface area contributed by atoms with Gasteiger partial charge in [0.15, 0.2) is 0 Å². The van der Waals surface area contributed by atoms with Crippen molar-refractivity contribution in [2.45, 2.75) is 24.8 Å². The zero-order valence-corrected chi connectivity index (χ0v) is 18.7. The lowest BCUT2D eigenvalue weighted by atomic mass is 10.2. The van der Waals surface area contributed by atoms with Gasteiger partial charge in [0.05, 0.1) is 24.3 Å². The Balaban J connectivity index is 1.74. The minimum absolute atomic E-state index is 0.0376. The summed E-state index contributed by atoms with van der Waals surface area (Å²) in [6.45, 7) is 2.72. The first-order valence-electron chi connectivity index (χ1n) is 10.1. The van der Waals surface area contributed by atoms with Crippen molar-refractivity contribution in [2.75, 3.05) is 18.4 Å². The number of hydrogen-bond acceptors (Lipinski definition) is 6. The SMILES string of the molecule is CCCOc1ncccc1CNC(=O)c1cccc(S(=O)(=O)Nc2ccccc2OC)c1. The number of amides is 1. The van der Waals surface area contributed by atoms with Gasteiger partial charge in [0.1, 0.15) is 5.75 Å². The standard InChI is InChI=1S/C23H25N3O5S/c1-3-14-31-23-18(9-7-13-24-23)16-25-22(27)17-8-6-10-19(15-17)32(28,29)26-20-11-4-5-12-21(20)30-2/h4-13,15,26H,3,14,16H2,1-2H3,(H,25,27). The van der Waals surface area contributed by atoms with E-state index in [1.165, 1.54) is 25.3 Å². The Labute approximate surface area is 187 Å². The van der Waals surface area contributed by atoms with E-state index in [9.17, 15) is 13.2 Å². The average Bonchev–Trinajstić information content (AvgIpc) is 2.82. The van der Waals surface area contributed by atoms with Crippen LogP contribution in [0.2, 0.25) is 0 Å². The number of pyridine rings is 1. The summed E-state index contributed by atoms with van der Waals surface area (Å²) in [4.78, 5) is 16.8. The molecule has 0 aliphatic carbocycles. The molecular weight excluding hydrogens is 430 g/mol. The van der Waals surface area contributed by atoms with Crippen molar-refractivity contribution in [3.05, 3.63) is 78.0 Å². The van der Waals surface area contributed by atoms with Crippen LogP contribution < -0.4 is 19.5 Å². The lowest BCUT2D eigenvalue weighted by Crippen LogP contribution is -2.24. The predicted octanol–water partition coefficient (Wildman–Crippen LogP) is 3.61. The fourth-order valence-corrected chi connectivity index (χ4v) is 4.02. The molecule has 0 bridgehead atoms. The molecule has 0 saturated carbocycles. The van der Waals surface area contributed by atoms with Crippen LogP contribution in [0.15, 0.2) is 71.8 Å². The van der Waals surface area contributed by atoms with Gasteiger partial charge in [-0.3, -0.25) is 9.52 Å². The van der Waals surface area contributed by atoms with Gasteiger partial charge in [0.25, 0.3) is 15.9 Å². The molecule has 0 fully saturated rings. The lowest BCUT2D eigenvalue weighted by molar-refractivity contribution is 0.0950. The second-order valence-corrected chi connectivity index (χ2v) is 8.51. The number of carbonyl (C=O) groups is 1. The Hall–Kier alpha value is -3.59. The van der Waals surface area contributed by atoms with Crippen molar-refractivity contribution >= 4 is 21.6 Å². The molecule has 3 aromatic rings. The number of benzene rings is 2. The number of nitrogens with zero attached hydrogens (tertiary/aromatic N) is 1. The molecule has 3 rings (SSSR count). The second-order valence-electron chi connectivity index (χ2n) is 6.83. The third-order valence-electron chi connectivity index (χ3n) is 4.49. The molecule has 32 heavy (non-hydrogen) atoms. The number of sulfonamides is 1. The van der Waals surface area contributed by atoms with Gasteiger partial charge in [-0.25, -0.2) is 13.4 Å². The molecule has 0 spiro atoms. The molecule has 1 aromatic heterocycles. The lowest BCUT2D eigenvalue weighted by Gasteiger charge is -2.13. The van der Waals surface area contributed by atoms with Gasteiger partial charge in [-0.05, 0) is 42.8 Å². The predicted molar refractivity (Wildman–Crippen MR) is 121 cm³/mol. The topological polar surface area (TPSA) is 107 Å². The summed E-state index contributed by atoms with van der Waals surface area (Å²) in [7, 11) is -2.47. The highest BCUT2D eigenvalue weighted by Gasteiger charge is 2.18. The quantitative estimate of drug-likeness (QED) is 0.484. The summed E-state index contributed by atoms with van der Waals surface area (Å²) >= 11 is 0. The molecule has 0 unspecified atom stereocenters. The number of ether oxygens (including phenoxy) is 2. The van der Waals surface area contributed by atoms with Gasteiger partial charge >= 0.3 is 0 Å². The Bertz CT molecular complexity index is 1180. The summed E-state index contributed by atoms with van der Waals surface area (Å²) in [6, 6.07) is 16.1. The summed E-state index contributed by atoms with van der Waals surface area (Å²) in [5.41, 5.74) is 1.25. The normalized spacial score (nSPS) is 10.9. The monoisotopic (exact) mass is 455 g/mol. The fraction of sp³-hybridized carbons (Fsp3) is 0.217. The Morgan fingerprint density at radius 1 is 1.06 bits per heavy atom. The van der Waals surface area contributed by atoms with Crippen LogP contribution in [0.5, 0.6) is 11.6 Å². The minimum atomic E-state index is -3.93. The van der Waals surface area contributed by atoms with Gasteiger partial charge < -0.3 is 14.8 Å². The number of methoxy groups -OCH3 is 1. The van der Waals surface area contributed by atoms with E-state index in [4.69, 9.17) is 9.47 Å². The van der Waals surface area contributed by atoms with E-state index in [0.29, 0.717) is 23.9 Å². The van der Waals surface area contributed by atoms with E-state index in [2.05, 4.69) is 15.0 Å². The second kappa shape index (κ2) is 10.6. The van der Waals surface area contributed by atoms with Crippen LogP contribution in [-0.4, -0.2) is 33.0 Å². The van der Waals surface area contributed by atoms with Crippen molar-refractivity contribution in [2.24, 2.45) is 0 Å². The third kappa shape index (κ3) is 5.76. The molecule has 0 saturated heterocycles. The smallest absolute Gasteiger partial charge is 0.262 e. The fourth-order valence-electron chi connectivity index (χ4n) is 2.90. The first-order valence-corrected chi connectivity index (χ1v) is 11.5. The minimum Gasteiger partial charge on any atom is -0.495 e. The highest BCUT2D eigenvalue weighted by Crippen LogP contribution is 2.26. The maximum absolute atomic E-state index is 12.8. The molecule has 2 aromatic carbocycles. The zero-order chi connectivity index (χ0) is 23.0. The molecule has 0 radical (unpaired) electrons. The molecule has 8 nitrogen and oxygen atoms in total. The molecule has 1 heterocycles. The summed E-state index contributed by atoms with van der Waals surface area (Å²) in [5.74, 6) is 0.444. The Morgan fingerprint density at radius 2 is 1.88 bits per heavy atom. The van der Waals surface area contributed by atoms with E-state index in [1.807, 2.05) is 13.0 Å². The maximum atomic E-state index is 12.8. The summed E-state index contributed by atoms with van der Waals surface area (Å²) < 4.78 is 39.0. The van der Waals surface area contributed by atoms with E-state index < -0.39 is 15.9 Å². The summed E-state index contributed by atoms with van der Waals surface area (Å²) in [5, 5.41) is 2.78. The molecule has 0 aliphatic heterocycles. The first-order chi connectivity index (χ1) is 15.4. The van der Waals surface area contributed by atoms with Crippen molar-refractivity contribution in [3.8, 4) is 11.6 Å². The number of aromatic nitrogens is 1. The highest BCUT2D eigenvalue weighted by molar-refractivity contribution is 7.92. The van der Waals surface area contributed by atoms with Crippen LogP contribution in [0.25, 0.3) is 0 Å². The van der Waals surface area contributed by atoms with E-state index in [-0.39, 0.29) is 17.0 Å². The maximum Gasteiger partial charge on any atom is 0.262 e. The first kappa shape index (κ1) is 23.1. The molecular formula is C23H25N3O5S. The van der Waals surface area contributed by atoms with Crippen LogP contribution >= 0.6 is 0 Å². The summed E-state index contributed by atoms with van der Waals surface area (Å²) in [6.07, 6.45) is 2.46. The van der Waals surface area contributed by atoms with Crippen LogP contribution in [-0.2, 0) is 16.6 Å². The number of rotatable bonds is 10.